The summed E-state index contributed by atoms with van der Waals surface area (Å²) in [6, 6.07) is 12.8. The van der Waals surface area contributed by atoms with E-state index in [1.165, 1.54) is 24.3 Å². The van der Waals surface area contributed by atoms with Gasteiger partial charge < -0.3 is 19.5 Å². The number of amides is 1. The Morgan fingerprint density at radius 3 is 2.52 bits per heavy atom. The molecule has 27 heavy (non-hydrogen) atoms. The van der Waals surface area contributed by atoms with Gasteiger partial charge in [0, 0.05) is 5.69 Å². The third kappa shape index (κ3) is 5.17. The summed E-state index contributed by atoms with van der Waals surface area (Å²) >= 11 is 5.06. The molecule has 0 radical (unpaired) electrons. The molecule has 1 aliphatic heterocycles. The van der Waals surface area contributed by atoms with Crippen LogP contribution in [0.1, 0.15) is 0 Å². The van der Waals surface area contributed by atoms with Crippen LogP contribution in [0.25, 0.3) is 0 Å². The number of fused-ring (bicyclic) bond motifs is 1. The van der Waals surface area contributed by atoms with Crippen LogP contribution in [-0.2, 0) is 4.79 Å². The van der Waals surface area contributed by atoms with Crippen molar-refractivity contribution in [3.8, 4) is 17.2 Å². The molecule has 0 unspecified atom stereocenters. The molecule has 0 saturated carbocycles. The molecule has 0 bridgehead atoms. The van der Waals surface area contributed by atoms with Crippen LogP contribution in [0.4, 0.5) is 14.5 Å². The van der Waals surface area contributed by atoms with Crippen molar-refractivity contribution in [1.82, 2.24) is 10.9 Å². The van der Waals surface area contributed by atoms with Crippen LogP contribution in [0.2, 0.25) is 0 Å². The lowest BCUT2D eigenvalue weighted by Crippen LogP contribution is -2.51. The molecule has 0 saturated heterocycles. The van der Waals surface area contributed by atoms with Crippen molar-refractivity contribution >= 4 is 28.9 Å². The first-order valence-electron chi connectivity index (χ1n) is 7.81. The van der Waals surface area contributed by atoms with E-state index < -0.39 is 18.6 Å². The smallest absolute Gasteiger partial charge is 0.387 e. The van der Waals surface area contributed by atoms with Gasteiger partial charge in [0.25, 0.3) is 5.91 Å². The van der Waals surface area contributed by atoms with Crippen molar-refractivity contribution in [2.75, 3.05) is 11.9 Å². The van der Waals surface area contributed by atoms with Gasteiger partial charge in [-0.1, -0.05) is 12.1 Å². The highest BCUT2D eigenvalue weighted by Crippen LogP contribution is 2.30. The molecule has 0 spiro atoms. The number of anilines is 1. The van der Waals surface area contributed by atoms with Crippen LogP contribution in [0.3, 0.4) is 0 Å². The monoisotopic (exact) mass is 395 g/mol. The van der Waals surface area contributed by atoms with E-state index >= 15 is 0 Å². The Labute approximate surface area is 158 Å². The second-order valence-corrected chi connectivity index (χ2v) is 5.74. The van der Waals surface area contributed by atoms with Crippen LogP contribution in [0.15, 0.2) is 48.5 Å². The highest BCUT2D eigenvalue weighted by molar-refractivity contribution is 7.80. The van der Waals surface area contributed by atoms with Crippen molar-refractivity contribution < 1.29 is 27.8 Å². The van der Waals surface area contributed by atoms with Gasteiger partial charge in [0.15, 0.2) is 16.6 Å². The molecule has 3 rings (SSSR count). The van der Waals surface area contributed by atoms with Crippen LogP contribution in [0, 0.1) is 0 Å². The Kier molecular flexibility index (Phi) is 5.87. The zero-order chi connectivity index (χ0) is 19.2. The fourth-order valence-electron chi connectivity index (χ4n) is 2.23. The quantitative estimate of drug-likeness (QED) is 0.542. The minimum atomic E-state index is -2.89. The van der Waals surface area contributed by atoms with E-state index in [2.05, 4.69) is 20.9 Å². The number of ether oxygens (including phenoxy) is 3. The number of thiocarbonyl (C=S) groups is 1. The van der Waals surface area contributed by atoms with Crippen molar-refractivity contribution in [3.63, 3.8) is 0 Å². The second kappa shape index (κ2) is 8.49. The zero-order valence-electron chi connectivity index (χ0n) is 13.8. The molecule has 142 valence electrons. The van der Waals surface area contributed by atoms with E-state index in [1.807, 2.05) is 0 Å². The maximum atomic E-state index is 12.2. The molecule has 2 aromatic rings. The number of rotatable bonds is 4. The first-order chi connectivity index (χ1) is 13.0. The topological polar surface area (TPSA) is 80.9 Å². The third-order valence-corrected chi connectivity index (χ3v) is 3.64. The summed E-state index contributed by atoms with van der Waals surface area (Å²) in [5.74, 6) is 0.619. The predicted molar refractivity (Wildman–Crippen MR) is 96.9 cm³/mol. The van der Waals surface area contributed by atoms with Crippen molar-refractivity contribution in [3.05, 3.63) is 48.5 Å². The van der Waals surface area contributed by atoms with Gasteiger partial charge in [-0.2, -0.15) is 8.78 Å². The summed E-state index contributed by atoms with van der Waals surface area (Å²) < 4.78 is 39.5. The second-order valence-electron chi connectivity index (χ2n) is 5.34. The molecule has 0 aromatic heterocycles. The Balaban J connectivity index is 1.46. The minimum absolute atomic E-state index is 0.0254. The SMILES string of the molecule is O=C(NNC(=S)Nc1ccc(OC(F)F)cc1)[C@H]1COc2ccccc2O1. The van der Waals surface area contributed by atoms with Crippen LogP contribution in [0.5, 0.6) is 17.2 Å². The molecule has 0 fully saturated rings. The molecule has 1 aliphatic rings. The summed E-state index contributed by atoms with van der Waals surface area (Å²) in [4.78, 5) is 12.2. The van der Waals surface area contributed by atoms with Gasteiger partial charge in [0.2, 0.25) is 6.10 Å². The number of carbonyl (C=O) groups is 1. The molecule has 2 aromatic carbocycles. The maximum Gasteiger partial charge on any atom is 0.387 e. The number of benzene rings is 2. The Morgan fingerprint density at radius 1 is 1.11 bits per heavy atom. The van der Waals surface area contributed by atoms with Crippen molar-refractivity contribution in [2.24, 2.45) is 0 Å². The molecule has 1 amide bonds. The fraction of sp³-hybridized carbons (Fsp3) is 0.176. The number of halogens is 2. The Bertz CT molecular complexity index is 820. The highest BCUT2D eigenvalue weighted by Gasteiger charge is 2.27. The molecule has 0 aliphatic carbocycles. The predicted octanol–water partition coefficient (Wildman–Crippen LogP) is 2.45. The lowest BCUT2D eigenvalue weighted by Gasteiger charge is -2.25. The van der Waals surface area contributed by atoms with Gasteiger partial charge in [0.1, 0.15) is 12.4 Å². The number of para-hydroxylation sites is 2. The molecule has 1 heterocycles. The molecule has 10 heteroatoms. The average molecular weight is 395 g/mol. The van der Waals surface area contributed by atoms with Crippen molar-refractivity contribution in [1.29, 1.82) is 0 Å². The molecular formula is C17H15F2N3O4S. The fourth-order valence-corrected chi connectivity index (χ4v) is 2.40. The number of hydrogen-bond acceptors (Lipinski definition) is 5. The largest absolute Gasteiger partial charge is 0.485 e. The minimum Gasteiger partial charge on any atom is -0.485 e. The van der Waals surface area contributed by atoms with Gasteiger partial charge in [-0.15, -0.1) is 0 Å². The summed E-state index contributed by atoms with van der Waals surface area (Å²) in [6.45, 7) is -2.82. The summed E-state index contributed by atoms with van der Waals surface area (Å²) in [6.07, 6.45) is -0.832. The summed E-state index contributed by atoms with van der Waals surface area (Å²) in [7, 11) is 0. The van der Waals surface area contributed by atoms with Gasteiger partial charge in [-0.05, 0) is 48.6 Å². The van der Waals surface area contributed by atoms with E-state index in [9.17, 15) is 13.6 Å². The maximum absolute atomic E-state index is 12.2. The van der Waals surface area contributed by atoms with Gasteiger partial charge in [0.05, 0.1) is 0 Å². The zero-order valence-corrected chi connectivity index (χ0v) is 14.6. The molecular weight excluding hydrogens is 380 g/mol. The standard InChI is InChI=1S/C17H15F2N3O4S/c18-16(19)25-11-7-5-10(6-8-11)20-17(27)22-21-15(23)14-9-24-12-3-1-2-4-13(12)26-14/h1-8,14,16H,9H2,(H,21,23)(H2,20,22,27)/t14-/m1/s1. The van der Waals surface area contributed by atoms with E-state index in [1.54, 1.807) is 24.3 Å². The van der Waals surface area contributed by atoms with Crippen LogP contribution < -0.4 is 30.4 Å². The van der Waals surface area contributed by atoms with Gasteiger partial charge >= 0.3 is 6.61 Å². The number of carbonyl (C=O) groups excluding carboxylic acids is 1. The van der Waals surface area contributed by atoms with Gasteiger partial charge in [-0.25, -0.2) is 0 Å². The average Bonchev–Trinajstić information content (AvgIpc) is 2.67. The van der Waals surface area contributed by atoms with E-state index in [0.717, 1.165) is 0 Å². The van der Waals surface area contributed by atoms with Gasteiger partial charge in [-0.3, -0.25) is 15.6 Å². The van der Waals surface area contributed by atoms with Crippen LogP contribution >= 0.6 is 12.2 Å². The van der Waals surface area contributed by atoms with E-state index in [-0.39, 0.29) is 17.5 Å². The lowest BCUT2D eigenvalue weighted by molar-refractivity contribution is -0.130. The lowest BCUT2D eigenvalue weighted by atomic mass is 10.2. The number of hydrogen-bond donors (Lipinski definition) is 3. The summed E-state index contributed by atoms with van der Waals surface area (Å²) in [5.41, 5.74) is 5.47. The highest BCUT2D eigenvalue weighted by atomic mass is 32.1. The Hall–Kier alpha value is -3.14. The third-order valence-electron chi connectivity index (χ3n) is 3.44. The molecule has 3 N–H and O–H groups in total. The molecule has 7 nitrogen and oxygen atoms in total. The van der Waals surface area contributed by atoms with E-state index in [4.69, 9.17) is 21.7 Å². The summed E-state index contributed by atoms with van der Waals surface area (Å²) in [5, 5.41) is 2.89. The van der Waals surface area contributed by atoms with Crippen molar-refractivity contribution in [2.45, 2.75) is 12.7 Å². The first-order valence-corrected chi connectivity index (χ1v) is 8.22. The number of hydrazine groups is 1. The number of nitrogens with one attached hydrogen (secondary N) is 3. The first kappa shape index (κ1) is 18.6. The Morgan fingerprint density at radius 2 is 1.81 bits per heavy atom. The van der Waals surface area contributed by atoms with Crippen LogP contribution in [-0.4, -0.2) is 30.3 Å². The number of alkyl halides is 2. The normalized spacial score (nSPS) is 15.0. The van der Waals surface area contributed by atoms with E-state index in [0.29, 0.717) is 17.2 Å². The molecule has 1 atom stereocenters.